The van der Waals surface area contributed by atoms with Crippen LogP contribution in [0.15, 0.2) is 42.7 Å². The molecule has 10 heteroatoms. The quantitative estimate of drug-likeness (QED) is 0.684. The van der Waals surface area contributed by atoms with E-state index >= 15 is 0 Å². The average Bonchev–Trinajstić information content (AvgIpc) is 3.45. The van der Waals surface area contributed by atoms with Crippen LogP contribution in [0.5, 0.6) is 11.5 Å². The minimum atomic E-state index is -0.461. The number of tetrazole rings is 1. The second-order valence-electron chi connectivity index (χ2n) is 7.43. The molecular formula is C21H20N6O4. The van der Waals surface area contributed by atoms with Gasteiger partial charge in [0.1, 0.15) is 19.5 Å². The molecule has 0 bridgehead atoms. The van der Waals surface area contributed by atoms with E-state index in [1.807, 2.05) is 31.2 Å². The Balaban J connectivity index is 1.31. The third kappa shape index (κ3) is 3.56. The smallest absolute Gasteiger partial charge is 0.229 e. The number of anilines is 2. The molecule has 3 aromatic rings. The highest BCUT2D eigenvalue weighted by molar-refractivity contribution is 6.04. The predicted octanol–water partition coefficient (Wildman–Crippen LogP) is 1.73. The van der Waals surface area contributed by atoms with Crippen molar-refractivity contribution in [1.29, 1.82) is 0 Å². The Labute approximate surface area is 177 Å². The van der Waals surface area contributed by atoms with Crippen molar-refractivity contribution in [3.63, 3.8) is 0 Å². The van der Waals surface area contributed by atoms with Gasteiger partial charge in [-0.05, 0) is 47.2 Å². The topological polar surface area (TPSA) is 111 Å². The number of amides is 2. The molecule has 10 nitrogen and oxygen atoms in total. The molecule has 158 valence electrons. The Morgan fingerprint density at radius 1 is 1.16 bits per heavy atom. The maximum absolute atomic E-state index is 12.9. The summed E-state index contributed by atoms with van der Waals surface area (Å²) < 4.78 is 12.7. The molecule has 1 fully saturated rings. The lowest BCUT2D eigenvalue weighted by atomic mass is 10.1. The van der Waals surface area contributed by atoms with Crippen molar-refractivity contribution in [3.05, 3.63) is 48.3 Å². The number of fused-ring (bicyclic) bond motifs is 1. The third-order valence-electron chi connectivity index (χ3n) is 5.49. The number of hydrogen-bond donors (Lipinski definition) is 1. The molecular weight excluding hydrogens is 400 g/mol. The molecule has 2 aromatic carbocycles. The Kier molecular flexibility index (Phi) is 4.73. The third-order valence-corrected chi connectivity index (χ3v) is 5.49. The second-order valence-corrected chi connectivity index (χ2v) is 7.43. The van der Waals surface area contributed by atoms with Gasteiger partial charge in [0.05, 0.1) is 11.6 Å². The Bertz CT molecular complexity index is 1150. The largest absolute Gasteiger partial charge is 0.486 e. The molecule has 1 N–H and O–H groups in total. The van der Waals surface area contributed by atoms with E-state index in [9.17, 15) is 9.59 Å². The summed E-state index contributed by atoms with van der Waals surface area (Å²) in [6.07, 6.45) is 1.64. The van der Waals surface area contributed by atoms with Gasteiger partial charge in [0.25, 0.3) is 0 Å². The highest BCUT2D eigenvalue weighted by atomic mass is 16.6. The van der Waals surface area contributed by atoms with Crippen molar-refractivity contribution in [2.45, 2.75) is 13.3 Å². The standard InChI is InChI=1S/C21H20N6O4/c1-13-16(3-2-4-17(13)27-12-22-24-25-27)23-21(29)14-9-20(28)26(11-14)15-5-6-18-19(10-15)31-8-7-30-18/h2-6,10,12,14H,7-9,11H2,1H3,(H,23,29)/t14-/m0/s1. The summed E-state index contributed by atoms with van der Waals surface area (Å²) in [5, 5.41) is 14.2. The number of hydrogen-bond acceptors (Lipinski definition) is 7. The van der Waals surface area contributed by atoms with Gasteiger partial charge < -0.3 is 19.7 Å². The van der Waals surface area contributed by atoms with Gasteiger partial charge in [0.2, 0.25) is 11.8 Å². The van der Waals surface area contributed by atoms with E-state index in [1.165, 1.54) is 11.0 Å². The summed E-state index contributed by atoms with van der Waals surface area (Å²) in [7, 11) is 0. The number of aromatic nitrogens is 4. The van der Waals surface area contributed by atoms with Crippen LogP contribution in [-0.2, 0) is 9.59 Å². The summed E-state index contributed by atoms with van der Waals surface area (Å²) in [6, 6.07) is 10.9. The summed E-state index contributed by atoms with van der Waals surface area (Å²) in [6.45, 7) is 3.16. The first-order chi connectivity index (χ1) is 15.1. The van der Waals surface area contributed by atoms with Crippen LogP contribution in [0.2, 0.25) is 0 Å². The van der Waals surface area contributed by atoms with E-state index in [0.717, 1.165) is 11.3 Å². The lowest BCUT2D eigenvalue weighted by molar-refractivity contribution is -0.122. The van der Waals surface area contributed by atoms with Crippen molar-refractivity contribution in [2.75, 3.05) is 30.0 Å². The fourth-order valence-corrected chi connectivity index (χ4v) is 3.85. The molecule has 31 heavy (non-hydrogen) atoms. The van der Waals surface area contributed by atoms with Crippen LogP contribution in [-0.4, -0.2) is 51.8 Å². The number of benzene rings is 2. The maximum Gasteiger partial charge on any atom is 0.229 e. The van der Waals surface area contributed by atoms with Crippen LogP contribution in [0.25, 0.3) is 5.69 Å². The Morgan fingerprint density at radius 2 is 2.00 bits per heavy atom. The molecule has 1 aromatic heterocycles. The van der Waals surface area contributed by atoms with Crippen LogP contribution in [0, 0.1) is 12.8 Å². The molecule has 0 unspecified atom stereocenters. The molecule has 0 saturated carbocycles. The fourth-order valence-electron chi connectivity index (χ4n) is 3.85. The van der Waals surface area contributed by atoms with Crippen LogP contribution in [0.1, 0.15) is 12.0 Å². The molecule has 3 heterocycles. The summed E-state index contributed by atoms with van der Waals surface area (Å²) in [5.41, 5.74) is 2.95. The number of carbonyl (C=O) groups is 2. The molecule has 0 aliphatic carbocycles. The molecule has 2 aliphatic rings. The van der Waals surface area contributed by atoms with Crippen LogP contribution in [0.4, 0.5) is 11.4 Å². The fraction of sp³-hybridized carbons (Fsp3) is 0.286. The lowest BCUT2D eigenvalue weighted by Crippen LogP contribution is -2.28. The SMILES string of the molecule is Cc1c(NC(=O)[C@H]2CC(=O)N(c3ccc4c(c3)OCCO4)C2)cccc1-n1cnnn1. The number of ether oxygens (including phenoxy) is 2. The zero-order valence-corrected chi connectivity index (χ0v) is 16.8. The number of carbonyl (C=O) groups excluding carboxylic acids is 2. The van der Waals surface area contributed by atoms with Crippen LogP contribution in [0.3, 0.4) is 0 Å². The minimum absolute atomic E-state index is 0.101. The number of rotatable bonds is 4. The Hall–Kier alpha value is -3.95. The summed E-state index contributed by atoms with van der Waals surface area (Å²) in [5.74, 6) is 0.506. The molecule has 0 radical (unpaired) electrons. The first kappa shape index (κ1) is 19.0. The van der Waals surface area contributed by atoms with Crippen molar-refractivity contribution >= 4 is 23.2 Å². The highest BCUT2D eigenvalue weighted by Crippen LogP contribution is 2.36. The monoisotopic (exact) mass is 420 g/mol. The summed E-state index contributed by atoms with van der Waals surface area (Å²) in [4.78, 5) is 27.2. The molecule has 1 saturated heterocycles. The highest BCUT2D eigenvalue weighted by Gasteiger charge is 2.35. The molecule has 2 amide bonds. The van der Waals surface area contributed by atoms with E-state index < -0.39 is 5.92 Å². The van der Waals surface area contributed by atoms with Gasteiger partial charge in [-0.15, -0.1) is 5.10 Å². The van der Waals surface area contributed by atoms with Crippen molar-refractivity contribution in [1.82, 2.24) is 20.2 Å². The first-order valence-corrected chi connectivity index (χ1v) is 9.94. The predicted molar refractivity (Wildman–Crippen MR) is 110 cm³/mol. The van der Waals surface area contributed by atoms with Crippen LogP contribution < -0.4 is 19.7 Å². The molecule has 1 atom stereocenters. The van der Waals surface area contributed by atoms with Gasteiger partial charge in [-0.2, -0.15) is 0 Å². The lowest BCUT2D eigenvalue weighted by Gasteiger charge is -2.22. The average molecular weight is 420 g/mol. The number of nitrogens with one attached hydrogen (secondary N) is 1. The molecule has 2 aliphatic heterocycles. The van der Waals surface area contributed by atoms with Gasteiger partial charge in [0, 0.05) is 30.4 Å². The van der Waals surface area contributed by atoms with Crippen molar-refractivity contribution in [2.24, 2.45) is 5.92 Å². The van der Waals surface area contributed by atoms with E-state index in [-0.39, 0.29) is 18.2 Å². The second kappa shape index (κ2) is 7.71. The van der Waals surface area contributed by atoms with E-state index in [4.69, 9.17) is 9.47 Å². The van der Waals surface area contributed by atoms with Crippen molar-refractivity contribution < 1.29 is 19.1 Å². The van der Waals surface area contributed by atoms with E-state index in [0.29, 0.717) is 42.6 Å². The zero-order valence-electron chi connectivity index (χ0n) is 16.8. The van der Waals surface area contributed by atoms with Gasteiger partial charge >= 0.3 is 0 Å². The number of nitrogens with zero attached hydrogens (tertiary/aromatic N) is 5. The first-order valence-electron chi connectivity index (χ1n) is 9.94. The van der Waals surface area contributed by atoms with Gasteiger partial charge in [-0.25, -0.2) is 4.68 Å². The van der Waals surface area contributed by atoms with Gasteiger partial charge in [-0.3, -0.25) is 9.59 Å². The zero-order chi connectivity index (χ0) is 21.4. The minimum Gasteiger partial charge on any atom is -0.486 e. The van der Waals surface area contributed by atoms with Gasteiger partial charge in [-0.1, -0.05) is 6.07 Å². The van der Waals surface area contributed by atoms with E-state index in [2.05, 4.69) is 20.8 Å². The van der Waals surface area contributed by atoms with Gasteiger partial charge in [0.15, 0.2) is 11.5 Å². The maximum atomic E-state index is 12.9. The summed E-state index contributed by atoms with van der Waals surface area (Å²) >= 11 is 0. The van der Waals surface area contributed by atoms with Crippen molar-refractivity contribution in [3.8, 4) is 17.2 Å². The van der Waals surface area contributed by atoms with Crippen LogP contribution >= 0.6 is 0 Å². The molecule has 0 spiro atoms. The Morgan fingerprint density at radius 3 is 2.81 bits per heavy atom. The molecule has 5 rings (SSSR count). The van der Waals surface area contributed by atoms with E-state index in [1.54, 1.807) is 17.0 Å². The normalized spacial score (nSPS) is 17.6.